The second-order valence-corrected chi connectivity index (χ2v) is 5.90. The van der Waals surface area contributed by atoms with Crippen molar-refractivity contribution in [1.82, 2.24) is 5.32 Å². The number of hydrogen-bond acceptors (Lipinski definition) is 3. The molecule has 25 heavy (non-hydrogen) atoms. The number of methoxy groups -OCH3 is 2. The topological polar surface area (TPSA) is 59.6 Å². The number of anilines is 1. The van der Waals surface area contributed by atoms with E-state index in [0.29, 0.717) is 28.8 Å². The van der Waals surface area contributed by atoms with Gasteiger partial charge in [-0.2, -0.15) is 0 Å². The van der Waals surface area contributed by atoms with Crippen LogP contribution in [0.15, 0.2) is 36.4 Å². The number of carbonyl (C=O) groups is 1. The van der Waals surface area contributed by atoms with Gasteiger partial charge in [-0.25, -0.2) is 4.79 Å². The minimum absolute atomic E-state index is 0.315. The molecule has 0 aliphatic carbocycles. The molecule has 2 rings (SSSR count). The number of ether oxygens (including phenoxy) is 2. The van der Waals surface area contributed by atoms with Crippen LogP contribution in [0.5, 0.6) is 11.5 Å². The van der Waals surface area contributed by atoms with E-state index in [1.54, 1.807) is 12.1 Å². The first-order chi connectivity index (χ1) is 12.1. The molecule has 0 spiro atoms. The molecule has 134 valence electrons. The van der Waals surface area contributed by atoms with Crippen LogP contribution in [0.25, 0.3) is 0 Å². The largest absolute Gasteiger partial charge is 0.495 e. The van der Waals surface area contributed by atoms with Crippen LogP contribution in [-0.2, 0) is 12.8 Å². The van der Waals surface area contributed by atoms with Gasteiger partial charge in [-0.3, -0.25) is 0 Å². The number of amides is 2. The normalized spacial score (nSPS) is 10.2. The third-order valence-corrected chi connectivity index (χ3v) is 4.15. The molecule has 0 aromatic heterocycles. The van der Waals surface area contributed by atoms with Gasteiger partial charge in [-0.1, -0.05) is 42.8 Å². The fourth-order valence-corrected chi connectivity index (χ4v) is 2.63. The van der Waals surface area contributed by atoms with Gasteiger partial charge in [0.05, 0.1) is 24.9 Å². The summed E-state index contributed by atoms with van der Waals surface area (Å²) in [6, 6.07) is 11.3. The lowest BCUT2D eigenvalue weighted by molar-refractivity contribution is 0.252. The van der Waals surface area contributed by atoms with E-state index in [-0.39, 0.29) is 6.03 Å². The summed E-state index contributed by atoms with van der Waals surface area (Å²) in [5, 5.41) is 5.97. The molecular weight excluding hydrogens is 340 g/mol. The quantitative estimate of drug-likeness (QED) is 0.772. The summed E-state index contributed by atoms with van der Waals surface area (Å²) in [5.74, 6) is 0.964. The summed E-state index contributed by atoms with van der Waals surface area (Å²) < 4.78 is 10.4. The molecule has 2 amide bonds. The van der Waals surface area contributed by atoms with Gasteiger partial charge < -0.3 is 20.1 Å². The molecule has 2 N–H and O–H groups in total. The maximum absolute atomic E-state index is 12.1. The minimum atomic E-state index is -0.315. The lowest BCUT2D eigenvalue weighted by Gasteiger charge is -2.13. The minimum Gasteiger partial charge on any atom is -0.495 e. The van der Waals surface area contributed by atoms with Crippen molar-refractivity contribution in [3.8, 4) is 11.5 Å². The number of nitrogens with one attached hydrogen (secondary N) is 2. The summed E-state index contributed by atoms with van der Waals surface area (Å²) >= 11 is 6.10. The fourth-order valence-electron chi connectivity index (χ4n) is 2.39. The highest BCUT2D eigenvalue weighted by atomic mass is 35.5. The molecule has 0 heterocycles. The van der Waals surface area contributed by atoms with Crippen molar-refractivity contribution in [3.63, 3.8) is 0 Å². The van der Waals surface area contributed by atoms with Crippen LogP contribution in [0.1, 0.15) is 18.1 Å². The Kier molecular flexibility index (Phi) is 6.95. The van der Waals surface area contributed by atoms with Crippen molar-refractivity contribution in [2.24, 2.45) is 0 Å². The average Bonchev–Trinajstić information content (AvgIpc) is 2.62. The Balaban J connectivity index is 1.90. The van der Waals surface area contributed by atoms with E-state index < -0.39 is 0 Å². The van der Waals surface area contributed by atoms with Crippen LogP contribution in [0, 0.1) is 0 Å². The number of hydrogen-bond donors (Lipinski definition) is 2. The molecule has 0 radical (unpaired) electrons. The summed E-state index contributed by atoms with van der Waals surface area (Å²) in [6.45, 7) is 2.66. The number of aryl methyl sites for hydroxylation is 1. The second-order valence-electron chi connectivity index (χ2n) is 5.49. The monoisotopic (exact) mass is 362 g/mol. The van der Waals surface area contributed by atoms with Gasteiger partial charge in [0.1, 0.15) is 11.5 Å². The molecule has 0 aliphatic rings. The predicted octanol–water partition coefficient (Wildman–Crippen LogP) is 4.28. The van der Waals surface area contributed by atoms with Gasteiger partial charge in [0.2, 0.25) is 0 Å². The van der Waals surface area contributed by atoms with Crippen LogP contribution in [0.2, 0.25) is 5.02 Å². The van der Waals surface area contributed by atoms with Crippen molar-refractivity contribution in [3.05, 3.63) is 52.5 Å². The lowest BCUT2D eigenvalue weighted by atomic mass is 10.1. The first-order valence-corrected chi connectivity index (χ1v) is 8.49. The highest BCUT2D eigenvalue weighted by Gasteiger charge is 2.12. The molecule has 0 saturated heterocycles. The smallest absolute Gasteiger partial charge is 0.319 e. The van der Waals surface area contributed by atoms with Gasteiger partial charge in [0, 0.05) is 12.6 Å². The molecule has 0 aliphatic heterocycles. The first kappa shape index (κ1) is 18.9. The standard InChI is InChI=1S/C19H23ClN2O3/c1-4-13-5-7-14(8-6-13)9-10-21-19(23)22-16-11-15(20)17(24-2)12-18(16)25-3/h5-8,11-12H,4,9-10H2,1-3H3,(H2,21,22,23). The van der Waals surface area contributed by atoms with Crippen molar-refractivity contribution in [2.75, 3.05) is 26.1 Å². The van der Waals surface area contributed by atoms with Crippen molar-refractivity contribution < 1.29 is 14.3 Å². The third kappa shape index (κ3) is 5.29. The van der Waals surface area contributed by atoms with Gasteiger partial charge >= 0.3 is 6.03 Å². The van der Waals surface area contributed by atoms with Crippen LogP contribution in [0.4, 0.5) is 10.5 Å². The van der Waals surface area contributed by atoms with E-state index in [0.717, 1.165) is 12.8 Å². The Bertz CT molecular complexity index is 717. The maximum Gasteiger partial charge on any atom is 0.319 e. The molecule has 6 heteroatoms. The predicted molar refractivity (Wildman–Crippen MR) is 101 cm³/mol. The molecule has 5 nitrogen and oxygen atoms in total. The Morgan fingerprint density at radius 2 is 1.68 bits per heavy atom. The molecule has 0 unspecified atom stereocenters. The number of rotatable bonds is 7. The Hall–Kier alpha value is -2.40. The highest BCUT2D eigenvalue weighted by molar-refractivity contribution is 6.32. The lowest BCUT2D eigenvalue weighted by Crippen LogP contribution is -2.30. The number of benzene rings is 2. The number of carbonyl (C=O) groups excluding carboxylic acids is 1. The first-order valence-electron chi connectivity index (χ1n) is 8.11. The van der Waals surface area contributed by atoms with Crippen LogP contribution >= 0.6 is 11.6 Å². The fraction of sp³-hybridized carbons (Fsp3) is 0.316. The summed E-state index contributed by atoms with van der Waals surface area (Å²) in [4.78, 5) is 12.1. The second kappa shape index (κ2) is 9.18. The molecule has 0 fully saturated rings. The van der Waals surface area contributed by atoms with Gasteiger partial charge in [0.25, 0.3) is 0 Å². The molecule has 2 aromatic rings. The zero-order chi connectivity index (χ0) is 18.2. The van der Waals surface area contributed by atoms with Crippen molar-refractivity contribution in [1.29, 1.82) is 0 Å². The van der Waals surface area contributed by atoms with E-state index in [2.05, 4.69) is 41.8 Å². The average molecular weight is 363 g/mol. The summed E-state index contributed by atoms with van der Waals surface area (Å²) in [5.41, 5.74) is 2.97. The van der Waals surface area contributed by atoms with Crippen molar-refractivity contribution >= 4 is 23.3 Å². The van der Waals surface area contributed by atoms with E-state index in [1.165, 1.54) is 25.3 Å². The number of urea groups is 1. The van der Waals surface area contributed by atoms with E-state index in [1.807, 2.05) is 0 Å². The zero-order valence-electron chi connectivity index (χ0n) is 14.7. The maximum atomic E-state index is 12.1. The Labute approximate surface area is 153 Å². The zero-order valence-corrected chi connectivity index (χ0v) is 15.4. The third-order valence-electron chi connectivity index (χ3n) is 3.85. The van der Waals surface area contributed by atoms with E-state index >= 15 is 0 Å². The summed E-state index contributed by atoms with van der Waals surface area (Å²) in [6.07, 6.45) is 1.78. The van der Waals surface area contributed by atoms with E-state index in [4.69, 9.17) is 21.1 Å². The van der Waals surface area contributed by atoms with Gasteiger partial charge in [-0.05, 0) is 30.0 Å². The van der Waals surface area contributed by atoms with Crippen molar-refractivity contribution in [2.45, 2.75) is 19.8 Å². The molecule has 0 bridgehead atoms. The highest BCUT2D eigenvalue weighted by Crippen LogP contribution is 2.35. The molecule has 0 saturated carbocycles. The molecular formula is C19H23ClN2O3. The molecule has 0 atom stereocenters. The Morgan fingerprint density at radius 3 is 2.28 bits per heavy atom. The number of halogens is 1. The van der Waals surface area contributed by atoms with Crippen LogP contribution in [0.3, 0.4) is 0 Å². The van der Waals surface area contributed by atoms with Gasteiger partial charge in [-0.15, -0.1) is 0 Å². The van der Waals surface area contributed by atoms with E-state index in [9.17, 15) is 4.79 Å². The SMILES string of the molecule is CCc1ccc(CCNC(=O)Nc2cc(Cl)c(OC)cc2OC)cc1. The Morgan fingerprint density at radius 1 is 1.04 bits per heavy atom. The van der Waals surface area contributed by atoms with Crippen LogP contribution < -0.4 is 20.1 Å². The summed E-state index contributed by atoms with van der Waals surface area (Å²) in [7, 11) is 3.04. The van der Waals surface area contributed by atoms with Crippen LogP contribution in [-0.4, -0.2) is 26.8 Å². The molecule has 2 aromatic carbocycles. The van der Waals surface area contributed by atoms with Gasteiger partial charge in [0.15, 0.2) is 0 Å².